The Balaban J connectivity index is 2.72. The van der Waals surface area contributed by atoms with Gasteiger partial charge in [-0.3, -0.25) is 0 Å². The lowest BCUT2D eigenvalue weighted by atomic mass is 10.2. The molecule has 1 aromatic carbocycles. The number of benzene rings is 1. The molecule has 1 aromatic rings. The van der Waals surface area contributed by atoms with Gasteiger partial charge in [0.2, 0.25) is 0 Å². The lowest BCUT2D eigenvalue weighted by molar-refractivity contribution is 1.20. The number of hydrogen-bond donors (Lipinski definition) is 1. The molecule has 0 fully saturated rings. The highest BCUT2D eigenvalue weighted by Gasteiger charge is 1.97. The summed E-state index contributed by atoms with van der Waals surface area (Å²) in [5, 5.41) is 3.32. The highest BCUT2D eigenvalue weighted by molar-refractivity contribution is 9.10. The van der Waals surface area contributed by atoms with E-state index in [9.17, 15) is 0 Å². The Bertz CT molecular complexity index is 318. The average molecular weight is 240 g/mol. The topological polar surface area (TPSA) is 12.0 Å². The van der Waals surface area contributed by atoms with Crippen molar-refractivity contribution < 1.29 is 0 Å². The highest BCUT2D eigenvalue weighted by atomic mass is 79.9. The summed E-state index contributed by atoms with van der Waals surface area (Å²) < 4.78 is 1.12. The van der Waals surface area contributed by atoms with Crippen LogP contribution in [0, 0.1) is 6.92 Å². The zero-order chi connectivity index (χ0) is 9.84. The normalized spacial score (nSPS) is 9.77. The fourth-order valence-corrected chi connectivity index (χ4v) is 1.55. The van der Waals surface area contributed by atoms with Gasteiger partial charge in [0.25, 0.3) is 0 Å². The second-order valence-corrected chi connectivity index (χ2v) is 4.19. The van der Waals surface area contributed by atoms with E-state index in [0.717, 1.165) is 16.6 Å². The molecule has 2 heteroatoms. The third kappa shape index (κ3) is 3.23. The molecule has 13 heavy (non-hydrogen) atoms. The van der Waals surface area contributed by atoms with Crippen LogP contribution in [0.3, 0.4) is 0 Å². The Morgan fingerprint density at radius 1 is 1.54 bits per heavy atom. The van der Waals surface area contributed by atoms with Crippen molar-refractivity contribution in [2.24, 2.45) is 0 Å². The van der Waals surface area contributed by atoms with Crippen LogP contribution in [-0.2, 0) is 0 Å². The zero-order valence-corrected chi connectivity index (χ0v) is 9.61. The molecule has 0 unspecified atom stereocenters. The van der Waals surface area contributed by atoms with E-state index in [-0.39, 0.29) is 0 Å². The quantitative estimate of drug-likeness (QED) is 0.793. The Morgan fingerprint density at radius 3 is 2.77 bits per heavy atom. The molecule has 0 spiro atoms. The van der Waals surface area contributed by atoms with Crippen molar-refractivity contribution in [2.45, 2.75) is 13.8 Å². The van der Waals surface area contributed by atoms with E-state index in [2.05, 4.69) is 46.9 Å². The van der Waals surface area contributed by atoms with Crippen molar-refractivity contribution in [1.82, 2.24) is 0 Å². The van der Waals surface area contributed by atoms with Crippen LogP contribution in [0.4, 0.5) is 5.69 Å². The minimum Gasteiger partial charge on any atom is -0.381 e. The first kappa shape index (κ1) is 10.3. The Labute approximate surface area is 88.0 Å². The number of anilines is 1. The van der Waals surface area contributed by atoms with Gasteiger partial charge in [-0.25, -0.2) is 0 Å². The summed E-state index contributed by atoms with van der Waals surface area (Å²) in [6.07, 6.45) is 0. The average Bonchev–Trinajstić information content (AvgIpc) is 2.02. The lowest BCUT2D eigenvalue weighted by Gasteiger charge is -2.09. The Kier molecular flexibility index (Phi) is 3.55. The summed E-state index contributed by atoms with van der Waals surface area (Å²) >= 11 is 3.43. The van der Waals surface area contributed by atoms with E-state index in [1.165, 1.54) is 11.3 Å². The summed E-state index contributed by atoms with van der Waals surface area (Å²) in [7, 11) is 0. The summed E-state index contributed by atoms with van der Waals surface area (Å²) in [6.45, 7) is 8.79. The van der Waals surface area contributed by atoms with Crippen LogP contribution in [0.2, 0.25) is 0 Å². The first-order chi connectivity index (χ1) is 6.09. The fraction of sp³-hybridized carbons (Fsp3) is 0.273. The Hall–Kier alpha value is -0.760. The van der Waals surface area contributed by atoms with E-state index >= 15 is 0 Å². The third-order valence-corrected chi connectivity index (χ3v) is 2.26. The second-order valence-electron chi connectivity index (χ2n) is 3.27. The van der Waals surface area contributed by atoms with Gasteiger partial charge < -0.3 is 5.32 Å². The second kappa shape index (κ2) is 4.47. The van der Waals surface area contributed by atoms with Crippen LogP contribution in [0.5, 0.6) is 0 Å². The summed E-state index contributed by atoms with van der Waals surface area (Å²) in [4.78, 5) is 0. The molecule has 70 valence electrons. The minimum atomic E-state index is 0.836. The monoisotopic (exact) mass is 239 g/mol. The molecule has 0 aliphatic heterocycles. The maximum atomic E-state index is 3.85. The third-order valence-electron chi connectivity index (χ3n) is 1.77. The molecule has 0 aliphatic rings. The SMILES string of the molecule is C=C(C)CNc1ccc(Br)cc1C. The van der Waals surface area contributed by atoms with Gasteiger partial charge in [-0.1, -0.05) is 28.1 Å². The molecule has 1 nitrogen and oxygen atoms in total. The molecular formula is C11H14BrN. The van der Waals surface area contributed by atoms with Crippen LogP contribution in [0.15, 0.2) is 34.8 Å². The largest absolute Gasteiger partial charge is 0.381 e. The van der Waals surface area contributed by atoms with Crippen LogP contribution < -0.4 is 5.32 Å². The van der Waals surface area contributed by atoms with Crippen molar-refractivity contribution in [3.8, 4) is 0 Å². The zero-order valence-electron chi connectivity index (χ0n) is 8.02. The van der Waals surface area contributed by atoms with Gasteiger partial charge in [0.15, 0.2) is 0 Å². The van der Waals surface area contributed by atoms with Gasteiger partial charge in [-0.15, -0.1) is 0 Å². The fourth-order valence-electron chi connectivity index (χ4n) is 1.07. The number of hydrogen-bond acceptors (Lipinski definition) is 1. The summed E-state index contributed by atoms with van der Waals surface area (Å²) in [6, 6.07) is 6.21. The standard InChI is InChI=1S/C11H14BrN/c1-8(2)7-13-11-5-4-10(12)6-9(11)3/h4-6,13H,1,7H2,2-3H3. The number of aryl methyl sites for hydroxylation is 1. The van der Waals surface area contributed by atoms with Crippen LogP contribution >= 0.6 is 15.9 Å². The lowest BCUT2D eigenvalue weighted by Crippen LogP contribution is -2.02. The maximum Gasteiger partial charge on any atom is 0.0373 e. The van der Waals surface area contributed by atoms with Gasteiger partial charge in [0, 0.05) is 16.7 Å². The van der Waals surface area contributed by atoms with Crippen molar-refractivity contribution in [2.75, 3.05) is 11.9 Å². The summed E-state index contributed by atoms with van der Waals surface area (Å²) in [5.74, 6) is 0. The smallest absolute Gasteiger partial charge is 0.0373 e. The molecule has 0 bridgehead atoms. The Morgan fingerprint density at radius 2 is 2.23 bits per heavy atom. The molecule has 0 saturated heterocycles. The van der Waals surface area contributed by atoms with E-state index in [0.29, 0.717) is 0 Å². The predicted molar refractivity (Wildman–Crippen MR) is 62.2 cm³/mol. The van der Waals surface area contributed by atoms with E-state index in [1.54, 1.807) is 0 Å². The molecule has 0 aliphatic carbocycles. The van der Waals surface area contributed by atoms with E-state index in [1.807, 2.05) is 13.0 Å². The van der Waals surface area contributed by atoms with Crippen LogP contribution in [-0.4, -0.2) is 6.54 Å². The molecule has 1 N–H and O–H groups in total. The molecular weight excluding hydrogens is 226 g/mol. The molecule has 0 radical (unpaired) electrons. The van der Waals surface area contributed by atoms with Crippen LogP contribution in [0.1, 0.15) is 12.5 Å². The molecule has 0 atom stereocenters. The van der Waals surface area contributed by atoms with E-state index in [4.69, 9.17) is 0 Å². The maximum absolute atomic E-state index is 3.85. The van der Waals surface area contributed by atoms with Gasteiger partial charge in [-0.05, 0) is 37.6 Å². The van der Waals surface area contributed by atoms with Crippen molar-refractivity contribution in [1.29, 1.82) is 0 Å². The molecule has 0 amide bonds. The van der Waals surface area contributed by atoms with Gasteiger partial charge in [-0.2, -0.15) is 0 Å². The number of nitrogens with one attached hydrogen (secondary N) is 1. The molecule has 0 heterocycles. The first-order valence-electron chi connectivity index (χ1n) is 4.24. The van der Waals surface area contributed by atoms with Gasteiger partial charge >= 0.3 is 0 Å². The molecule has 0 saturated carbocycles. The minimum absolute atomic E-state index is 0.836. The molecule has 0 aromatic heterocycles. The van der Waals surface area contributed by atoms with Crippen molar-refractivity contribution >= 4 is 21.6 Å². The molecule has 1 rings (SSSR count). The number of halogens is 1. The highest BCUT2D eigenvalue weighted by Crippen LogP contribution is 2.19. The summed E-state index contributed by atoms with van der Waals surface area (Å²) in [5.41, 5.74) is 3.56. The van der Waals surface area contributed by atoms with Crippen molar-refractivity contribution in [3.63, 3.8) is 0 Å². The van der Waals surface area contributed by atoms with E-state index < -0.39 is 0 Å². The van der Waals surface area contributed by atoms with Gasteiger partial charge in [0.1, 0.15) is 0 Å². The number of rotatable bonds is 3. The van der Waals surface area contributed by atoms with Crippen LogP contribution in [0.25, 0.3) is 0 Å². The predicted octanol–water partition coefficient (Wildman–Crippen LogP) is 3.75. The van der Waals surface area contributed by atoms with Crippen molar-refractivity contribution in [3.05, 3.63) is 40.4 Å². The van der Waals surface area contributed by atoms with Gasteiger partial charge in [0.05, 0.1) is 0 Å². The first-order valence-corrected chi connectivity index (χ1v) is 5.03.